The van der Waals surface area contributed by atoms with Crippen molar-refractivity contribution in [1.29, 1.82) is 0 Å². The molecule has 2 aromatic rings. The van der Waals surface area contributed by atoms with E-state index in [2.05, 4.69) is 42.5 Å². The fraction of sp³-hybridized carbons (Fsp3) is 0.100. The quantitative estimate of drug-likeness (QED) is 0.383. The van der Waals surface area contributed by atoms with E-state index >= 15 is 0 Å². The van der Waals surface area contributed by atoms with Crippen LogP contribution in [-0.2, 0) is 21.7 Å². The third-order valence-corrected chi connectivity index (χ3v) is 1.55. The summed E-state index contributed by atoms with van der Waals surface area (Å²) < 4.78 is 0. The molecule has 0 fully saturated rings. The van der Waals surface area contributed by atoms with Crippen LogP contribution in [0.5, 0.6) is 0 Å². The second-order valence-corrected chi connectivity index (χ2v) is 2.15. The Bertz CT molecular complexity index is 292. The smallest absolute Gasteiger partial charge is 1.00 e. The third-order valence-electron chi connectivity index (χ3n) is 1.55. The molecule has 0 aliphatic rings. The van der Waals surface area contributed by atoms with Crippen molar-refractivity contribution in [2.45, 2.75) is 0 Å². The van der Waals surface area contributed by atoms with Crippen molar-refractivity contribution in [3.8, 4) is 0 Å². The summed E-state index contributed by atoms with van der Waals surface area (Å²) in [7, 11) is 1.00. The Morgan fingerprint density at radius 2 is 1.57 bits per heavy atom. The third kappa shape index (κ3) is 5.09. The molecule has 0 heterocycles. The van der Waals surface area contributed by atoms with Gasteiger partial charge in [0.05, 0.1) is 0 Å². The van der Waals surface area contributed by atoms with Crippen molar-refractivity contribution in [2.24, 2.45) is 0 Å². The van der Waals surface area contributed by atoms with Gasteiger partial charge in [-0.1, -0.05) is 6.07 Å². The minimum absolute atomic E-state index is 0. The molecule has 1 N–H and O–H groups in total. The molecule has 2 rings (SSSR count). The summed E-state index contributed by atoms with van der Waals surface area (Å²) in [6.45, 7) is 0. The average molecular weight is 266 g/mol. The molecule has 0 bridgehead atoms. The summed E-state index contributed by atoms with van der Waals surface area (Å²) in [5.41, 5.74) is 0. The molecule has 0 atom stereocenters. The van der Waals surface area contributed by atoms with Gasteiger partial charge >= 0.3 is 21.7 Å². The zero-order valence-corrected chi connectivity index (χ0v) is 10.8. The number of hydrogen-bond donors (Lipinski definition) is 1. The Labute approximate surface area is 112 Å². The van der Waals surface area contributed by atoms with Gasteiger partial charge in [-0.15, -0.1) is 29.7 Å². The van der Waals surface area contributed by atoms with Gasteiger partial charge in [0.25, 0.3) is 0 Å². The molecular weight excluding hydrogens is 255 g/mol. The Kier molecular flexibility index (Phi) is 15.6. The molecule has 1 nitrogen and oxygen atoms in total. The van der Waals surface area contributed by atoms with E-state index in [1.165, 1.54) is 10.8 Å². The number of halogens is 2. The molecule has 0 aromatic heterocycles. The van der Waals surface area contributed by atoms with Crippen LogP contribution >= 0.6 is 0 Å². The van der Waals surface area contributed by atoms with E-state index in [9.17, 15) is 0 Å². The number of aliphatic hydroxyl groups excluding tert-OH is 1. The molecular formula is C10H11Cl2OTi. The van der Waals surface area contributed by atoms with Gasteiger partial charge in [0, 0.05) is 7.11 Å². The minimum Gasteiger partial charge on any atom is -1.00 e. The summed E-state index contributed by atoms with van der Waals surface area (Å²) in [5.74, 6) is 0. The number of rotatable bonds is 0. The molecule has 0 spiro atoms. The van der Waals surface area contributed by atoms with Crippen LogP contribution in [0, 0.1) is 0 Å². The first kappa shape index (κ1) is 19.6. The Morgan fingerprint density at radius 3 is 2.14 bits per heavy atom. The second-order valence-electron chi connectivity index (χ2n) is 2.15. The van der Waals surface area contributed by atoms with E-state index in [0.29, 0.717) is 0 Å². The molecule has 14 heavy (non-hydrogen) atoms. The first-order valence-corrected chi connectivity index (χ1v) is 3.52. The number of hydrogen-bond acceptors (Lipinski definition) is 1. The molecule has 0 aliphatic heterocycles. The molecule has 4 heteroatoms. The van der Waals surface area contributed by atoms with Crippen LogP contribution in [0.25, 0.3) is 10.8 Å². The van der Waals surface area contributed by atoms with Gasteiger partial charge in [-0.25, -0.2) is 0 Å². The first-order chi connectivity index (χ1) is 5.47. The van der Waals surface area contributed by atoms with Crippen LogP contribution in [0.3, 0.4) is 0 Å². The van der Waals surface area contributed by atoms with E-state index in [0.717, 1.165) is 7.11 Å². The zero-order valence-electron chi connectivity index (χ0n) is 7.74. The van der Waals surface area contributed by atoms with Crippen LogP contribution < -0.4 is 24.8 Å². The van der Waals surface area contributed by atoms with Crippen molar-refractivity contribution >= 4 is 10.8 Å². The van der Waals surface area contributed by atoms with Crippen molar-refractivity contribution in [3.63, 3.8) is 0 Å². The van der Waals surface area contributed by atoms with E-state index in [-0.39, 0.29) is 46.5 Å². The van der Waals surface area contributed by atoms with Crippen LogP contribution in [-0.4, -0.2) is 12.2 Å². The molecule has 0 aliphatic carbocycles. The maximum atomic E-state index is 7.00. The first-order valence-electron chi connectivity index (χ1n) is 3.52. The summed E-state index contributed by atoms with van der Waals surface area (Å²) in [6.07, 6.45) is 0. The van der Waals surface area contributed by atoms with Gasteiger partial charge in [0.2, 0.25) is 0 Å². The van der Waals surface area contributed by atoms with Gasteiger partial charge < -0.3 is 29.9 Å². The predicted octanol–water partition coefficient (Wildman–Crippen LogP) is -3.83. The van der Waals surface area contributed by atoms with E-state index in [4.69, 9.17) is 5.11 Å². The summed E-state index contributed by atoms with van der Waals surface area (Å²) in [4.78, 5) is 0. The van der Waals surface area contributed by atoms with E-state index in [1.54, 1.807) is 0 Å². The maximum Gasteiger partial charge on any atom is 3.00 e. The molecule has 0 saturated carbocycles. The number of fused-ring (bicyclic) bond motifs is 1. The second kappa shape index (κ2) is 11.2. The van der Waals surface area contributed by atoms with Gasteiger partial charge in [0.15, 0.2) is 0 Å². The number of aliphatic hydroxyl groups is 1. The standard InChI is InChI=1S/C9H7.CH4O.2ClH.Ti/c1-2-5-9-7-3-6-8(9)4-1;1-2;;;/h1-7H;2H,1H3;2*1H;/q-1;;;;+3/p-2. The van der Waals surface area contributed by atoms with Crippen molar-refractivity contribution in [1.82, 2.24) is 0 Å². The Balaban J connectivity index is -0.000000229. The SMILES string of the molecule is CO.[Cl-].[Cl-].[Ti+3].c1ccc2[cH-]ccc2c1. The van der Waals surface area contributed by atoms with Gasteiger partial charge in [-0.2, -0.15) is 17.5 Å². The van der Waals surface area contributed by atoms with Crippen LogP contribution in [0.2, 0.25) is 0 Å². The summed E-state index contributed by atoms with van der Waals surface area (Å²) in [5, 5.41) is 9.66. The normalized spacial score (nSPS) is 7.00. The van der Waals surface area contributed by atoms with E-state index < -0.39 is 0 Å². The molecule has 75 valence electrons. The summed E-state index contributed by atoms with van der Waals surface area (Å²) >= 11 is 0. The monoisotopic (exact) mass is 265 g/mol. The molecule has 2 aromatic carbocycles. The fourth-order valence-corrected chi connectivity index (χ4v) is 1.07. The molecule has 0 unspecified atom stereocenters. The maximum absolute atomic E-state index is 7.00. The van der Waals surface area contributed by atoms with Crippen LogP contribution in [0.4, 0.5) is 0 Å². The van der Waals surface area contributed by atoms with Crippen molar-refractivity contribution in [3.05, 3.63) is 42.5 Å². The van der Waals surface area contributed by atoms with Crippen LogP contribution in [0.15, 0.2) is 42.5 Å². The summed E-state index contributed by atoms with van der Waals surface area (Å²) in [6, 6.07) is 14.7. The molecule has 0 amide bonds. The van der Waals surface area contributed by atoms with Crippen LogP contribution in [0.1, 0.15) is 0 Å². The zero-order chi connectivity index (χ0) is 8.10. The number of benzene rings is 1. The fourth-order valence-electron chi connectivity index (χ4n) is 1.07. The average Bonchev–Trinajstić information content (AvgIpc) is 2.55. The topological polar surface area (TPSA) is 20.2 Å². The van der Waals surface area contributed by atoms with Crippen molar-refractivity contribution < 1.29 is 51.6 Å². The predicted molar refractivity (Wildman–Crippen MR) is 47.7 cm³/mol. The Morgan fingerprint density at radius 1 is 1.00 bits per heavy atom. The van der Waals surface area contributed by atoms with Gasteiger partial charge in [0.1, 0.15) is 0 Å². The van der Waals surface area contributed by atoms with E-state index in [1.807, 2.05) is 0 Å². The van der Waals surface area contributed by atoms with Crippen molar-refractivity contribution in [2.75, 3.05) is 7.11 Å². The minimum atomic E-state index is 0. The molecule has 0 saturated heterocycles. The largest absolute Gasteiger partial charge is 3.00 e. The Hall–Kier alpha value is 0.0843. The molecule has 1 radical (unpaired) electrons. The van der Waals surface area contributed by atoms with Gasteiger partial charge in [-0.05, 0) is 0 Å². The van der Waals surface area contributed by atoms with Gasteiger partial charge in [-0.3, -0.25) is 0 Å².